The number of nitrogens with zero attached hydrogens (tertiary/aromatic N) is 3. The Balaban J connectivity index is 1.80. The molecule has 1 N–H and O–H groups in total. The van der Waals surface area contributed by atoms with Crippen molar-refractivity contribution in [2.24, 2.45) is 0 Å². The van der Waals surface area contributed by atoms with Crippen LogP contribution >= 0.6 is 0 Å². The van der Waals surface area contributed by atoms with E-state index in [1.54, 1.807) is 23.1 Å². The number of halogens is 3. The normalized spacial score (nSPS) is 14.7. The first-order chi connectivity index (χ1) is 11.9. The summed E-state index contributed by atoms with van der Waals surface area (Å²) >= 11 is 0. The summed E-state index contributed by atoms with van der Waals surface area (Å²) in [6.07, 6.45) is -3.23. The number of methoxy groups -OCH3 is 1. The average molecular weight is 352 g/mol. The zero-order chi connectivity index (χ0) is 18.0. The Kier molecular flexibility index (Phi) is 4.47. The molecule has 1 amide bonds. The van der Waals surface area contributed by atoms with Crippen LogP contribution in [0, 0.1) is 0 Å². The lowest BCUT2D eigenvalue weighted by Crippen LogP contribution is -2.24. The second-order valence-electron chi connectivity index (χ2n) is 5.46. The minimum atomic E-state index is -4.53. The summed E-state index contributed by atoms with van der Waals surface area (Å²) in [6, 6.07) is 7.12. The Hall–Kier alpha value is -2.84. The molecule has 1 aromatic heterocycles. The predicted octanol–water partition coefficient (Wildman–Crippen LogP) is 3.37. The first kappa shape index (κ1) is 17.0. The molecule has 0 atom stereocenters. The molecule has 3 rings (SSSR count). The predicted molar refractivity (Wildman–Crippen MR) is 84.9 cm³/mol. The van der Waals surface area contributed by atoms with Crippen LogP contribution in [0.25, 0.3) is 0 Å². The van der Waals surface area contributed by atoms with Crippen molar-refractivity contribution >= 4 is 23.1 Å². The number of carbonyl (C=O) groups excluding carboxylic acids is 1. The summed E-state index contributed by atoms with van der Waals surface area (Å²) in [5.41, 5.74) is 0.161. The molecule has 0 aliphatic carbocycles. The number of hydrogen-bond donors (Lipinski definition) is 1. The third-order valence-corrected chi connectivity index (χ3v) is 3.77. The van der Waals surface area contributed by atoms with E-state index in [1.165, 1.54) is 13.2 Å². The maximum Gasteiger partial charge on any atom is 0.435 e. The maximum atomic E-state index is 12.5. The van der Waals surface area contributed by atoms with Gasteiger partial charge >= 0.3 is 6.18 Å². The molecule has 1 aromatic carbocycles. The van der Waals surface area contributed by atoms with Crippen LogP contribution in [0.15, 0.2) is 30.3 Å². The van der Waals surface area contributed by atoms with Crippen molar-refractivity contribution in [2.45, 2.75) is 19.0 Å². The smallest absolute Gasteiger partial charge is 0.435 e. The van der Waals surface area contributed by atoms with Crippen LogP contribution < -0.4 is 15.0 Å². The molecule has 1 saturated heterocycles. The van der Waals surface area contributed by atoms with Crippen LogP contribution in [0.2, 0.25) is 0 Å². The van der Waals surface area contributed by atoms with Gasteiger partial charge in [0.15, 0.2) is 11.5 Å². The summed E-state index contributed by atoms with van der Waals surface area (Å²) in [7, 11) is 1.49. The van der Waals surface area contributed by atoms with Crippen molar-refractivity contribution in [3.05, 3.63) is 36.0 Å². The van der Waals surface area contributed by atoms with Crippen LogP contribution in [0.4, 0.5) is 30.4 Å². The number of benzene rings is 1. The van der Waals surface area contributed by atoms with Gasteiger partial charge in [-0.15, -0.1) is 10.2 Å². The SMILES string of the molecule is COc1cc(Nc2ccc(C(F)(F)F)nn2)ccc1N1CCCC1=O. The highest BCUT2D eigenvalue weighted by Gasteiger charge is 2.32. The van der Waals surface area contributed by atoms with E-state index in [4.69, 9.17) is 4.74 Å². The van der Waals surface area contributed by atoms with Crippen LogP contribution in [0.3, 0.4) is 0 Å². The lowest BCUT2D eigenvalue weighted by molar-refractivity contribution is -0.141. The number of amides is 1. The van der Waals surface area contributed by atoms with Gasteiger partial charge in [0.1, 0.15) is 5.75 Å². The summed E-state index contributed by atoms with van der Waals surface area (Å²) in [5, 5.41) is 9.54. The van der Waals surface area contributed by atoms with E-state index in [0.717, 1.165) is 12.5 Å². The lowest BCUT2D eigenvalue weighted by Gasteiger charge is -2.19. The Bertz CT molecular complexity index is 778. The molecule has 6 nitrogen and oxygen atoms in total. The molecule has 132 valence electrons. The number of ether oxygens (including phenoxy) is 1. The minimum Gasteiger partial charge on any atom is -0.494 e. The molecule has 2 heterocycles. The molecule has 9 heteroatoms. The van der Waals surface area contributed by atoms with Gasteiger partial charge in [0.2, 0.25) is 5.91 Å². The third-order valence-electron chi connectivity index (χ3n) is 3.77. The van der Waals surface area contributed by atoms with Crippen LogP contribution in [0.1, 0.15) is 18.5 Å². The van der Waals surface area contributed by atoms with Gasteiger partial charge < -0.3 is 15.0 Å². The van der Waals surface area contributed by atoms with Gasteiger partial charge in [-0.3, -0.25) is 4.79 Å². The molecule has 2 aromatic rings. The Morgan fingerprint density at radius 1 is 1.20 bits per heavy atom. The quantitative estimate of drug-likeness (QED) is 0.914. The highest BCUT2D eigenvalue weighted by atomic mass is 19.4. The lowest BCUT2D eigenvalue weighted by atomic mass is 10.2. The highest BCUT2D eigenvalue weighted by Crippen LogP contribution is 2.34. The molecule has 0 saturated carbocycles. The number of nitrogens with one attached hydrogen (secondary N) is 1. The largest absolute Gasteiger partial charge is 0.494 e. The number of anilines is 3. The van der Waals surface area contributed by atoms with Crippen molar-refractivity contribution in [3.8, 4) is 5.75 Å². The molecular formula is C16H15F3N4O2. The van der Waals surface area contributed by atoms with Crippen molar-refractivity contribution in [1.82, 2.24) is 10.2 Å². The summed E-state index contributed by atoms with van der Waals surface area (Å²) in [5.74, 6) is 0.688. The Morgan fingerprint density at radius 3 is 2.56 bits per heavy atom. The van der Waals surface area contributed by atoms with Crippen LogP contribution in [-0.4, -0.2) is 29.8 Å². The van der Waals surface area contributed by atoms with E-state index in [1.807, 2.05) is 0 Å². The van der Waals surface area contributed by atoms with E-state index in [9.17, 15) is 18.0 Å². The summed E-state index contributed by atoms with van der Waals surface area (Å²) < 4.78 is 42.8. The fraction of sp³-hybridized carbons (Fsp3) is 0.312. The van der Waals surface area contributed by atoms with E-state index in [2.05, 4.69) is 15.5 Å². The van der Waals surface area contributed by atoms with Gasteiger partial charge in [0.25, 0.3) is 0 Å². The monoisotopic (exact) mass is 352 g/mol. The molecular weight excluding hydrogens is 337 g/mol. The van der Waals surface area contributed by atoms with E-state index >= 15 is 0 Å². The number of hydrogen-bond acceptors (Lipinski definition) is 5. The Labute approximate surface area is 141 Å². The fourth-order valence-electron chi connectivity index (χ4n) is 2.58. The molecule has 25 heavy (non-hydrogen) atoms. The number of carbonyl (C=O) groups is 1. The molecule has 1 aliphatic rings. The zero-order valence-electron chi connectivity index (χ0n) is 13.3. The van der Waals surface area contributed by atoms with Gasteiger partial charge in [0.05, 0.1) is 12.8 Å². The van der Waals surface area contributed by atoms with Crippen molar-refractivity contribution in [3.63, 3.8) is 0 Å². The molecule has 0 unspecified atom stereocenters. The molecule has 1 fully saturated rings. The second kappa shape index (κ2) is 6.58. The molecule has 0 radical (unpaired) electrons. The topological polar surface area (TPSA) is 67.3 Å². The van der Waals surface area contributed by atoms with Gasteiger partial charge in [0, 0.05) is 24.7 Å². The average Bonchev–Trinajstić information content (AvgIpc) is 3.00. The highest BCUT2D eigenvalue weighted by molar-refractivity contribution is 5.97. The molecule has 0 spiro atoms. The minimum absolute atomic E-state index is 0.0348. The number of rotatable bonds is 4. The summed E-state index contributed by atoms with van der Waals surface area (Å²) in [6.45, 7) is 0.631. The molecule has 0 bridgehead atoms. The summed E-state index contributed by atoms with van der Waals surface area (Å²) in [4.78, 5) is 13.5. The Morgan fingerprint density at radius 2 is 2.00 bits per heavy atom. The van der Waals surface area contributed by atoms with Gasteiger partial charge in [-0.25, -0.2) is 0 Å². The second-order valence-corrected chi connectivity index (χ2v) is 5.46. The van der Waals surface area contributed by atoms with Gasteiger partial charge in [-0.1, -0.05) is 0 Å². The van der Waals surface area contributed by atoms with Gasteiger partial charge in [-0.05, 0) is 30.7 Å². The first-order valence-corrected chi connectivity index (χ1v) is 7.55. The van der Waals surface area contributed by atoms with Crippen molar-refractivity contribution in [1.29, 1.82) is 0 Å². The number of aromatic nitrogens is 2. The maximum absolute atomic E-state index is 12.5. The number of alkyl halides is 3. The third kappa shape index (κ3) is 3.65. The standard InChI is InChI=1S/C16H15F3N4O2/c1-25-12-9-10(4-5-11(12)23-8-2-3-15(23)24)20-14-7-6-13(21-22-14)16(17,18)19/h4-7,9H,2-3,8H2,1H3,(H,20,22). The van der Waals surface area contributed by atoms with E-state index in [0.29, 0.717) is 30.1 Å². The van der Waals surface area contributed by atoms with Gasteiger partial charge in [-0.2, -0.15) is 13.2 Å². The zero-order valence-corrected chi connectivity index (χ0v) is 13.3. The van der Waals surface area contributed by atoms with Crippen molar-refractivity contribution < 1.29 is 22.7 Å². The fourth-order valence-corrected chi connectivity index (χ4v) is 2.58. The van der Waals surface area contributed by atoms with Crippen LogP contribution in [0.5, 0.6) is 5.75 Å². The van der Waals surface area contributed by atoms with E-state index in [-0.39, 0.29) is 11.7 Å². The van der Waals surface area contributed by atoms with Crippen LogP contribution in [-0.2, 0) is 11.0 Å². The first-order valence-electron chi connectivity index (χ1n) is 7.55. The van der Waals surface area contributed by atoms with Crippen molar-refractivity contribution in [2.75, 3.05) is 23.9 Å². The molecule has 1 aliphatic heterocycles. The van der Waals surface area contributed by atoms with E-state index < -0.39 is 11.9 Å².